The van der Waals surface area contributed by atoms with Crippen molar-refractivity contribution in [3.8, 4) is 6.07 Å². The van der Waals surface area contributed by atoms with Gasteiger partial charge in [-0.3, -0.25) is 4.79 Å². The number of anilines is 1. The van der Waals surface area contributed by atoms with Crippen LogP contribution in [0.15, 0.2) is 29.8 Å². The average Bonchev–Trinajstić information content (AvgIpc) is 2.57. The number of rotatable bonds is 1. The summed E-state index contributed by atoms with van der Waals surface area (Å²) in [6.45, 7) is 0. The van der Waals surface area contributed by atoms with Crippen LogP contribution in [0.1, 0.15) is 5.56 Å². The van der Waals surface area contributed by atoms with Gasteiger partial charge in [0.05, 0.1) is 5.57 Å². The molecule has 1 amide bonds. The van der Waals surface area contributed by atoms with Crippen LogP contribution in [-0.4, -0.2) is 17.0 Å². The Morgan fingerprint density at radius 1 is 1.38 bits per heavy atom. The Bertz CT molecular complexity index is 567. The second-order valence-corrected chi connectivity index (χ2v) is 3.17. The normalized spacial score (nSPS) is 16.1. The average molecular weight is 214 g/mol. The molecule has 2 N–H and O–H groups in total. The molecule has 0 spiro atoms. The van der Waals surface area contributed by atoms with Crippen LogP contribution in [0.4, 0.5) is 5.69 Å². The third-order valence-corrected chi connectivity index (χ3v) is 2.25. The van der Waals surface area contributed by atoms with Crippen LogP contribution in [-0.2, 0) is 9.59 Å². The fourth-order valence-electron chi connectivity index (χ4n) is 1.58. The SMILES string of the molecule is N#CC(C(=O)O)=C1C(=O)Nc2ccccc21. The molecule has 5 nitrogen and oxygen atoms in total. The van der Waals surface area contributed by atoms with Crippen molar-refractivity contribution in [2.75, 3.05) is 5.32 Å². The fraction of sp³-hybridized carbons (Fsp3) is 0. The number of carboxylic acids is 1. The second kappa shape index (κ2) is 3.51. The molecule has 1 aliphatic heterocycles. The molecular weight excluding hydrogens is 208 g/mol. The zero-order valence-corrected chi connectivity index (χ0v) is 8.02. The van der Waals surface area contributed by atoms with Gasteiger partial charge in [0.15, 0.2) is 5.57 Å². The van der Waals surface area contributed by atoms with Gasteiger partial charge in [-0.05, 0) is 6.07 Å². The number of benzene rings is 1. The van der Waals surface area contributed by atoms with Crippen molar-refractivity contribution in [2.45, 2.75) is 0 Å². The maximum atomic E-state index is 11.6. The Morgan fingerprint density at radius 3 is 2.69 bits per heavy atom. The summed E-state index contributed by atoms with van der Waals surface area (Å²) in [7, 11) is 0. The van der Waals surface area contributed by atoms with Crippen molar-refractivity contribution in [2.24, 2.45) is 0 Å². The summed E-state index contributed by atoms with van der Waals surface area (Å²) in [5, 5.41) is 20.1. The molecule has 1 aliphatic rings. The number of nitrogens with zero attached hydrogens (tertiary/aromatic N) is 1. The molecule has 1 aromatic carbocycles. The van der Waals surface area contributed by atoms with Gasteiger partial charge in [-0.1, -0.05) is 18.2 Å². The molecule has 0 radical (unpaired) electrons. The minimum atomic E-state index is -1.40. The minimum Gasteiger partial charge on any atom is -0.477 e. The van der Waals surface area contributed by atoms with Gasteiger partial charge in [-0.25, -0.2) is 4.79 Å². The number of nitrogens with one attached hydrogen (secondary N) is 1. The monoisotopic (exact) mass is 214 g/mol. The third-order valence-electron chi connectivity index (χ3n) is 2.25. The van der Waals surface area contributed by atoms with Crippen LogP contribution in [0.25, 0.3) is 5.57 Å². The Labute approximate surface area is 90.6 Å². The first-order valence-corrected chi connectivity index (χ1v) is 4.43. The summed E-state index contributed by atoms with van der Waals surface area (Å²) in [6.07, 6.45) is 0. The van der Waals surface area contributed by atoms with Gasteiger partial charge in [0.25, 0.3) is 5.91 Å². The van der Waals surface area contributed by atoms with Crippen molar-refractivity contribution >= 4 is 23.1 Å². The van der Waals surface area contributed by atoms with E-state index in [0.717, 1.165) is 0 Å². The van der Waals surface area contributed by atoms with Gasteiger partial charge in [0.1, 0.15) is 6.07 Å². The lowest BCUT2D eigenvalue weighted by molar-refractivity contribution is -0.132. The van der Waals surface area contributed by atoms with Gasteiger partial charge < -0.3 is 10.4 Å². The van der Waals surface area contributed by atoms with Crippen LogP contribution in [0.3, 0.4) is 0 Å². The summed E-state index contributed by atoms with van der Waals surface area (Å²) in [5.74, 6) is -1.95. The van der Waals surface area contributed by atoms with Crippen LogP contribution < -0.4 is 5.32 Å². The molecule has 5 heteroatoms. The van der Waals surface area contributed by atoms with Crippen molar-refractivity contribution < 1.29 is 14.7 Å². The van der Waals surface area contributed by atoms with Crippen molar-refractivity contribution in [1.82, 2.24) is 0 Å². The lowest BCUT2D eigenvalue weighted by atomic mass is 10.0. The standard InChI is InChI=1S/C11H6N2O3/c12-5-7(11(15)16)9-6-3-1-2-4-8(6)13-10(9)14/h1-4H,(H,13,14)(H,15,16). The molecule has 78 valence electrons. The Balaban J connectivity index is 2.72. The highest BCUT2D eigenvalue weighted by Gasteiger charge is 2.29. The minimum absolute atomic E-state index is 0.0781. The lowest BCUT2D eigenvalue weighted by Gasteiger charge is -1.97. The molecule has 0 atom stereocenters. The third kappa shape index (κ3) is 1.33. The highest BCUT2D eigenvalue weighted by Crippen LogP contribution is 2.33. The molecular formula is C11H6N2O3. The van der Waals surface area contributed by atoms with Crippen LogP contribution in [0, 0.1) is 11.3 Å². The van der Waals surface area contributed by atoms with Crippen molar-refractivity contribution in [3.63, 3.8) is 0 Å². The Morgan fingerprint density at radius 2 is 2.06 bits per heavy atom. The van der Waals surface area contributed by atoms with Crippen molar-refractivity contribution in [3.05, 3.63) is 35.4 Å². The molecule has 16 heavy (non-hydrogen) atoms. The maximum Gasteiger partial charge on any atom is 0.347 e. The van der Waals surface area contributed by atoms with E-state index in [2.05, 4.69) is 5.32 Å². The van der Waals surface area contributed by atoms with E-state index in [0.29, 0.717) is 11.3 Å². The number of para-hydroxylation sites is 1. The van der Waals surface area contributed by atoms with E-state index in [4.69, 9.17) is 10.4 Å². The van der Waals surface area contributed by atoms with E-state index >= 15 is 0 Å². The zero-order valence-electron chi connectivity index (χ0n) is 8.02. The van der Waals surface area contributed by atoms with Gasteiger partial charge in [0.2, 0.25) is 0 Å². The summed E-state index contributed by atoms with van der Waals surface area (Å²) in [4.78, 5) is 22.4. The van der Waals surface area contributed by atoms with Crippen LogP contribution in [0.2, 0.25) is 0 Å². The molecule has 0 bridgehead atoms. The van der Waals surface area contributed by atoms with E-state index in [1.807, 2.05) is 0 Å². The molecule has 0 unspecified atom stereocenters. The lowest BCUT2D eigenvalue weighted by Crippen LogP contribution is -2.09. The summed E-state index contributed by atoms with van der Waals surface area (Å²) < 4.78 is 0. The highest BCUT2D eigenvalue weighted by atomic mass is 16.4. The number of carbonyl (C=O) groups is 2. The summed E-state index contributed by atoms with van der Waals surface area (Å²) in [5.41, 5.74) is 0.357. The molecule has 0 aliphatic carbocycles. The van der Waals surface area contributed by atoms with E-state index in [9.17, 15) is 9.59 Å². The highest BCUT2D eigenvalue weighted by molar-refractivity contribution is 6.35. The van der Waals surface area contributed by atoms with E-state index in [1.54, 1.807) is 24.3 Å². The van der Waals surface area contributed by atoms with E-state index in [-0.39, 0.29) is 5.57 Å². The molecule has 1 aromatic rings. The van der Waals surface area contributed by atoms with Crippen molar-refractivity contribution in [1.29, 1.82) is 5.26 Å². The first kappa shape index (κ1) is 9.93. The predicted octanol–water partition coefficient (Wildman–Crippen LogP) is 1.00. The first-order chi connectivity index (χ1) is 7.65. The molecule has 0 aromatic heterocycles. The Hall–Kier alpha value is -2.61. The summed E-state index contributed by atoms with van der Waals surface area (Å²) >= 11 is 0. The van der Waals surface area contributed by atoms with Gasteiger partial charge >= 0.3 is 5.97 Å². The molecule has 2 rings (SSSR count). The van der Waals surface area contributed by atoms with Crippen LogP contribution in [0.5, 0.6) is 0 Å². The Kier molecular flexibility index (Phi) is 2.18. The first-order valence-electron chi connectivity index (χ1n) is 4.43. The molecule has 1 heterocycles. The number of nitriles is 1. The van der Waals surface area contributed by atoms with Gasteiger partial charge in [-0.15, -0.1) is 0 Å². The van der Waals surface area contributed by atoms with E-state index in [1.165, 1.54) is 6.07 Å². The molecule has 0 saturated heterocycles. The number of fused-ring (bicyclic) bond motifs is 1. The van der Waals surface area contributed by atoms with Crippen LogP contribution >= 0.6 is 0 Å². The largest absolute Gasteiger partial charge is 0.477 e. The van der Waals surface area contributed by atoms with Gasteiger partial charge in [-0.2, -0.15) is 5.26 Å². The fourth-order valence-corrected chi connectivity index (χ4v) is 1.58. The maximum absolute atomic E-state index is 11.6. The zero-order chi connectivity index (χ0) is 11.7. The number of aliphatic carboxylic acids is 1. The number of hydrogen-bond donors (Lipinski definition) is 2. The number of carboxylic acid groups (broad SMARTS) is 1. The second-order valence-electron chi connectivity index (χ2n) is 3.17. The number of amides is 1. The smallest absolute Gasteiger partial charge is 0.347 e. The predicted molar refractivity (Wildman–Crippen MR) is 55.2 cm³/mol. The molecule has 0 fully saturated rings. The molecule has 0 saturated carbocycles. The number of carbonyl (C=O) groups excluding carboxylic acids is 1. The number of hydrogen-bond acceptors (Lipinski definition) is 3. The quantitative estimate of drug-likeness (QED) is 0.539. The van der Waals surface area contributed by atoms with E-state index < -0.39 is 17.4 Å². The summed E-state index contributed by atoms with van der Waals surface area (Å²) in [6, 6.07) is 8.18. The topological polar surface area (TPSA) is 90.2 Å². The van der Waals surface area contributed by atoms with Gasteiger partial charge in [0, 0.05) is 11.3 Å².